The minimum atomic E-state index is -0.0919. The Bertz CT molecular complexity index is 430. The number of carbonyl (C=O) groups is 1. The van der Waals surface area contributed by atoms with E-state index in [0.29, 0.717) is 23.0 Å². The van der Waals surface area contributed by atoms with E-state index in [2.05, 4.69) is 19.2 Å². The van der Waals surface area contributed by atoms with Crippen LogP contribution in [0.15, 0.2) is 18.2 Å². The van der Waals surface area contributed by atoms with Crippen LogP contribution >= 0.6 is 23.2 Å². The summed E-state index contributed by atoms with van der Waals surface area (Å²) in [5.74, 6) is 0.346. The first-order valence-corrected chi connectivity index (χ1v) is 7.49. The Morgan fingerprint density at radius 1 is 1.32 bits per heavy atom. The molecular formula is C15H21Cl2NO. The Morgan fingerprint density at radius 2 is 1.95 bits per heavy atom. The third kappa shape index (κ3) is 4.70. The maximum Gasteiger partial charge on any atom is 0.251 e. The quantitative estimate of drug-likeness (QED) is 0.774. The molecular weight excluding hydrogens is 281 g/mol. The number of aryl methyl sites for hydroxylation is 1. The van der Waals surface area contributed by atoms with E-state index < -0.39 is 0 Å². The molecule has 0 fully saturated rings. The maximum atomic E-state index is 12.1. The lowest BCUT2D eigenvalue weighted by Crippen LogP contribution is -2.33. The number of halogens is 2. The van der Waals surface area contributed by atoms with Gasteiger partial charge >= 0.3 is 0 Å². The predicted octanol–water partition coefficient (Wildman–Crippen LogP) is 4.42. The first-order chi connectivity index (χ1) is 8.99. The second kappa shape index (κ2) is 7.76. The van der Waals surface area contributed by atoms with E-state index in [1.807, 2.05) is 6.92 Å². The van der Waals surface area contributed by atoms with Gasteiger partial charge in [0.25, 0.3) is 5.91 Å². The van der Waals surface area contributed by atoms with Gasteiger partial charge in [-0.3, -0.25) is 4.79 Å². The molecule has 0 saturated heterocycles. The van der Waals surface area contributed by atoms with Crippen LogP contribution in [0.1, 0.15) is 42.6 Å². The number of nitrogens with one attached hydrogen (secondary N) is 1. The average molecular weight is 302 g/mol. The van der Waals surface area contributed by atoms with Crippen LogP contribution in [0.2, 0.25) is 5.02 Å². The topological polar surface area (TPSA) is 29.1 Å². The highest BCUT2D eigenvalue weighted by Crippen LogP contribution is 2.18. The van der Waals surface area contributed by atoms with Crippen molar-refractivity contribution >= 4 is 29.1 Å². The molecule has 0 heterocycles. The number of alkyl halides is 1. The summed E-state index contributed by atoms with van der Waals surface area (Å²) < 4.78 is 0. The van der Waals surface area contributed by atoms with Crippen molar-refractivity contribution in [3.8, 4) is 0 Å². The summed E-state index contributed by atoms with van der Waals surface area (Å²) in [7, 11) is 0. The van der Waals surface area contributed by atoms with Crippen molar-refractivity contribution in [1.29, 1.82) is 0 Å². The van der Waals surface area contributed by atoms with Gasteiger partial charge < -0.3 is 5.32 Å². The molecule has 0 saturated carbocycles. The largest absolute Gasteiger partial charge is 0.351 e. The first-order valence-electron chi connectivity index (χ1n) is 6.68. The van der Waals surface area contributed by atoms with Crippen molar-refractivity contribution in [2.45, 2.75) is 39.0 Å². The number of amides is 1. The molecule has 2 nitrogen and oxygen atoms in total. The zero-order valence-corrected chi connectivity index (χ0v) is 13.2. The molecule has 1 aromatic carbocycles. The standard InChI is InChI=1S/C15H21Cl2NO/c1-4-11(5-2)14(17)9-18-15(19)13-7-6-12(16)8-10(13)3/h6-8,11,14H,4-5,9H2,1-3H3,(H,18,19). The molecule has 0 radical (unpaired) electrons. The second-order valence-corrected chi connectivity index (χ2v) is 5.76. The van der Waals surface area contributed by atoms with E-state index in [0.717, 1.165) is 18.4 Å². The highest BCUT2D eigenvalue weighted by Gasteiger charge is 2.17. The van der Waals surface area contributed by atoms with E-state index in [1.54, 1.807) is 18.2 Å². The van der Waals surface area contributed by atoms with E-state index in [-0.39, 0.29) is 11.3 Å². The first kappa shape index (κ1) is 16.3. The highest BCUT2D eigenvalue weighted by molar-refractivity contribution is 6.30. The van der Waals surface area contributed by atoms with Gasteiger partial charge in [-0.15, -0.1) is 11.6 Å². The number of benzene rings is 1. The Labute approximate surface area is 125 Å². The molecule has 0 spiro atoms. The third-order valence-corrected chi connectivity index (χ3v) is 4.20. The molecule has 4 heteroatoms. The monoisotopic (exact) mass is 301 g/mol. The van der Waals surface area contributed by atoms with Crippen LogP contribution in [0.4, 0.5) is 0 Å². The van der Waals surface area contributed by atoms with Gasteiger partial charge in [0, 0.05) is 17.1 Å². The summed E-state index contributed by atoms with van der Waals surface area (Å²) in [5.41, 5.74) is 1.52. The van der Waals surface area contributed by atoms with E-state index in [1.165, 1.54) is 0 Å². The Balaban J connectivity index is 2.60. The Hall–Kier alpha value is -0.730. The SMILES string of the molecule is CCC(CC)C(Cl)CNC(=O)c1ccc(Cl)cc1C. The molecule has 0 aliphatic rings. The van der Waals surface area contributed by atoms with E-state index in [4.69, 9.17) is 23.2 Å². The minimum Gasteiger partial charge on any atom is -0.351 e. The maximum absolute atomic E-state index is 12.1. The van der Waals surface area contributed by atoms with E-state index >= 15 is 0 Å². The van der Waals surface area contributed by atoms with Gasteiger partial charge in [0.1, 0.15) is 0 Å². The summed E-state index contributed by atoms with van der Waals surface area (Å²) in [5, 5.41) is 3.51. The fourth-order valence-electron chi connectivity index (χ4n) is 2.13. The van der Waals surface area contributed by atoms with Crippen LogP contribution in [0.3, 0.4) is 0 Å². The van der Waals surface area contributed by atoms with Crippen LogP contribution in [0.5, 0.6) is 0 Å². The van der Waals surface area contributed by atoms with Crippen molar-refractivity contribution in [1.82, 2.24) is 5.32 Å². The summed E-state index contributed by atoms with van der Waals surface area (Å²) in [6.45, 7) is 6.61. The molecule has 106 valence electrons. The van der Waals surface area contributed by atoms with Crippen LogP contribution in [0.25, 0.3) is 0 Å². The van der Waals surface area contributed by atoms with Gasteiger partial charge in [-0.1, -0.05) is 38.3 Å². The molecule has 1 aromatic rings. The lowest BCUT2D eigenvalue weighted by atomic mass is 9.99. The van der Waals surface area contributed by atoms with Gasteiger partial charge in [0.2, 0.25) is 0 Å². The van der Waals surface area contributed by atoms with Crippen molar-refractivity contribution in [3.05, 3.63) is 34.3 Å². The smallest absolute Gasteiger partial charge is 0.251 e. The summed E-state index contributed by atoms with van der Waals surface area (Å²) >= 11 is 12.2. The molecule has 1 unspecified atom stereocenters. The fourth-order valence-corrected chi connectivity index (χ4v) is 2.79. The third-order valence-electron chi connectivity index (χ3n) is 3.45. The summed E-state index contributed by atoms with van der Waals surface area (Å²) in [6.07, 6.45) is 2.06. The lowest BCUT2D eigenvalue weighted by molar-refractivity contribution is 0.0951. The fraction of sp³-hybridized carbons (Fsp3) is 0.533. The lowest BCUT2D eigenvalue weighted by Gasteiger charge is -2.19. The number of hydrogen-bond acceptors (Lipinski definition) is 1. The second-order valence-electron chi connectivity index (χ2n) is 4.76. The molecule has 0 aliphatic heterocycles. The molecule has 1 rings (SSSR count). The molecule has 0 aromatic heterocycles. The number of carbonyl (C=O) groups excluding carboxylic acids is 1. The van der Waals surface area contributed by atoms with Gasteiger partial charge in [-0.05, 0) is 36.6 Å². The minimum absolute atomic E-state index is 0.0217. The molecule has 1 amide bonds. The Morgan fingerprint density at radius 3 is 2.47 bits per heavy atom. The van der Waals surface area contributed by atoms with Crippen LogP contribution < -0.4 is 5.32 Å². The number of hydrogen-bond donors (Lipinski definition) is 1. The molecule has 1 atom stereocenters. The van der Waals surface area contributed by atoms with Crippen molar-refractivity contribution in [3.63, 3.8) is 0 Å². The van der Waals surface area contributed by atoms with Crippen molar-refractivity contribution in [2.75, 3.05) is 6.54 Å². The van der Waals surface area contributed by atoms with Gasteiger partial charge in [-0.2, -0.15) is 0 Å². The molecule has 19 heavy (non-hydrogen) atoms. The molecule has 0 bridgehead atoms. The zero-order chi connectivity index (χ0) is 14.4. The van der Waals surface area contributed by atoms with Crippen LogP contribution in [-0.2, 0) is 0 Å². The number of rotatable bonds is 6. The molecule has 0 aliphatic carbocycles. The van der Waals surface area contributed by atoms with Crippen molar-refractivity contribution in [2.24, 2.45) is 5.92 Å². The Kier molecular flexibility index (Phi) is 6.67. The van der Waals surface area contributed by atoms with Crippen LogP contribution in [0, 0.1) is 12.8 Å². The summed E-state index contributed by atoms with van der Waals surface area (Å²) in [4.78, 5) is 12.1. The molecule has 1 N–H and O–H groups in total. The van der Waals surface area contributed by atoms with Gasteiger partial charge in [0.05, 0.1) is 5.38 Å². The van der Waals surface area contributed by atoms with Crippen LogP contribution in [-0.4, -0.2) is 17.8 Å². The van der Waals surface area contributed by atoms with Crippen molar-refractivity contribution < 1.29 is 4.79 Å². The zero-order valence-electron chi connectivity index (χ0n) is 11.7. The predicted molar refractivity (Wildman–Crippen MR) is 82.2 cm³/mol. The normalized spacial score (nSPS) is 12.5. The van der Waals surface area contributed by atoms with E-state index in [9.17, 15) is 4.79 Å². The van der Waals surface area contributed by atoms with Gasteiger partial charge in [0.15, 0.2) is 0 Å². The average Bonchev–Trinajstić information content (AvgIpc) is 2.37. The summed E-state index contributed by atoms with van der Waals surface area (Å²) in [6, 6.07) is 5.26. The highest BCUT2D eigenvalue weighted by atomic mass is 35.5. The van der Waals surface area contributed by atoms with Gasteiger partial charge in [-0.25, -0.2) is 0 Å².